The van der Waals surface area contributed by atoms with E-state index in [1.807, 2.05) is 0 Å². The number of nitro benzene ring substituents is 1. The molecule has 0 radical (unpaired) electrons. The van der Waals surface area contributed by atoms with Crippen molar-refractivity contribution in [3.63, 3.8) is 0 Å². The zero-order valence-corrected chi connectivity index (χ0v) is 11.6. The minimum atomic E-state index is -0.500. The number of carbonyl (C=O) groups excluding carboxylic acids is 1. The quantitative estimate of drug-likeness (QED) is 0.640. The smallest absolute Gasteiger partial charge is 0.269 e. The Kier molecular flexibility index (Phi) is 4.18. The Bertz CT molecular complexity index is 668. The van der Waals surface area contributed by atoms with E-state index in [2.05, 4.69) is 0 Å². The molecule has 21 heavy (non-hydrogen) atoms. The molecule has 6 nitrogen and oxygen atoms in total. The summed E-state index contributed by atoms with van der Waals surface area (Å²) in [4.78, 5) is 23.9. The van der Waals surface area contributed by atoms with Gasteiger partial charge in [-0.15, -0.1) is 0 Å². The SMILES string of the molecule is COc1cccc(N(C)C(=O)c2ccc([N+](=O)[O-])cc2)c1. The number of benzene rings is 2. The first-order valence-corrected chi connectivity index (χ1v) is 6.19. The van der Waals surface area contributed by atoms with E-state index < -0.39 is 4.92 Å². The van der Waals surface area contributed by atoms with Gasteiger partial charge in [-0.3, -0.25) is 14.9 Å². The monoisotopic (exact) mass is 286 g/mol. The third kappa shape index (κ3) is 3.17. The highest BCUT2D eigenvalue weighted by Gasteiger charge is 2.15. The average molecular weight is 286 g/mol. The first-order valence-electron chi connectivity index (χ1n) is 6.19. The molecule has 0 aromatic heterocycles. The maximum Gasteiger partial charge on any atom is 0.269 e. The lowest BCUT2D eigenvalue weighted by molar-refractivity contribution is -0.384. The van der Waals surface area contributed by atoms with Crippen LogP contribution in [0, 0.1) is 10.1 Å². The van der Waals surface area contributed by atoms with Gasteiger partial charge in [-0.25, -0.2) is 0 Å². The topological polar surface area (TPSA) is 72.7 Å². The summed E-state index contributed by atoms with van der Waals surface area (Å²) in [5.41, 5.74) is 1.01. The lowest BCUT2D eigenvalue weighted by Gasteiger charge is -2.18. The van der Waals surface area contributed by atoms with Gasteiger partial charge in [0, 0.05) is 36.5 Å². The van der Waals surface area contributed by atoms with Gasteiger partial charge in [0.05, 0.1) is 12.0 Å². The number of ether oxygens (including phenoxy) is 1. The van der Waals surface area contributed by atoms with Crippen LogP contribution in [0.25, 0.3) is 0 Å². The Hall–Kier alpha value is -2.89. The van der Waals surface area contributed by atoms with Crippen LogP contribution < -0.4 is 9.64 Å². The molecule has 0 saturated carbocycles. The van der Waals surface area contributed by atoms with Crippen molar-refractivity contribution in [2.45, 2.75) is 0 Å². The Balaban J connectivity index is 2.23. The summed E-state index contributed by atoms with van der Waals surface area (Å²) in [6.45, 7) is 0. The van der Waals surface area contributed by atoms with Crippen molar-refractivity contribution >= 4 is 17.3 Å². The van der Waals surface area contributed by atoms with E-state index in [1.165, 1.54) is 29.2 Å². The van der Waals surface area contributed by atoms with Gasteiger partial charge >= 0.3 is 0 Å². The van der Waals surface area contributed by atoms with Crippen molar-refractivity contribution < 1.29 is 14.5 Å². The summed E-state index contributed by atoms with van der Waals surface area (Å²) in [6.07, 6.45) is 0. The molecular weight excluding hydrogens is 272 g/mol. The van der Waals surface area contributed by atoms with Gasteiger partial charge in [-0.2, -0.15) is 0 Å². The van der Waals surface area contributed by atoms with Gasteiger partial charge in [-0.1, -0.05) is 6.07 Å². The molecule has 0 bridgehead atoms. The summed E-state index contributed by atoms with van der Waals surface area (Å²) in [5.74, 6) is 0.397. The predicted molar refractivity (Wildman–Crippen MR) is 78.8 cm³/mol. The van der Waals surface area contributed by atoms with E-state index in [-0.39, 0.29) is 11.6 Å². The van der Waals surface area contributed by atoms with Gasteiger partial charge < -0.3 is 9.64 Å². The molecule has 0 unspecified atom stereocenters. The number of hydrogen-bond donors (Lipinski definition) is 0. The second-order valence-corrected chi connectivity index (χ2v) is 4.37. The summed E-state index contributed by atoms with van der Waals surface area (Å²) in [6, 6.07) is 12.6. The molecule has 1 amide bonds. The number of hydrogen-bond acceptors (Lipinski definition) is 4. The van der Waals surface area contributed by atoms with Crippen molar-refractivity contribution in [1.82, 2.24) is 0 Å². The zero-order chi connectivity index (χ0) is 15.4. The van der Waals surface area contributed by atoms with E-state index in [0.29, 0.717) is 17.0 Å². The highest BCUT2D eigenvalue weighted by Crippen LogP contribution is 2.22. The van der Waals surface area contributed by atoms with Crippen molar-refractivity contribution in [1.29, 1.82) is 0 Å². The van der Waals surface area contributed by atoms with Crippen molar-refractivity contribution in [3.8, 4) is 5.75 Å². The van der Waals surface area contributed by atoms with Crippen LogP contribution in [0.3, 0.4) is 0 Å². The minimum absolute atomic E-state index is 0.0458. The molecule has 0 fully saturated rings. The van der Waals surface area contributed by atoms with Crippen molar-refractivity contribution in [2.24, 2.45) is 0 Å². The Morgan fingerprint density at radius 2 is 1.86 bits per heavy atom. The molecule has 6 heteroatoms. The molecule has 2 rings (SSSR count). The number of amides is 1. The summed E-state index contributed by atoms with van der Waals surface area (Å²) >= 11 is 0. The number of methoxy groups -OCH3 is 1. The molecule has 0 aliphatic carbocycles. The van der Waals surface area contributed by atoms with Crippen LogP contribution in [0.5, 0.6) is 5.75 Å². The number of rotatable bonds is 4. The van der Waals surface area contributed by atoms with Gasteiger partial charge in [0.1, 0.15) is 5.75 Å². The number of non-ortho nitro benzene ring substituents is 1. The number of anilines is 1. The summed E-state index contributed by atoms with van der Waals surface area (Å²) in [5, 5.41) is 10.6. The highest BCUT2D eigenvalue weighted by atomic mass is 16.6. The van der Waals surface area contributed by atoms with Crippen molar-refractivity contribution in [2.75, 3.05) is 19.1 Å². The molecule has 108 valence electrons. The molecule has 0 heterocycles. The molecule has 0 aliphatic rings. The van der Waals surface area contributed by atoms with Crippen molar-refractivity contribution in [3.05, 3.63) is 64.2 Å². The standard InChI is InChI=1S/C15H14N2O4/c1-16(13-4-3-5-14(10-13)21-2)15(18)11-6-8-12(9-7-11)17(19)20/h3-10H,1-2H3. The average Bonchev–Trinajstić information content (AvgIpc) is 2.53. The second-order valence-electron chi connectivity index (χ2n) is 4.37. The number of nitro groups is 1. The van der Waals surface area contributed by atoms with E-state index in [0.717, 1.165) is 0 Å². The normalized spacial score (nSPS) is 10.0. The third-order valence-electron chi connectivity index (χ3n) is 3.07. The Labute approximate surface area is 121 Å². The van der Waals surface area contributed by atoms with Crippen LogP contribution in [0.4, 0.5) is 11.4 Å². The second kappa shape index (κ2) is 6.04. The van der Waals surface area contributed by atoms with Crippen LogP contribution in [0.1, 0.15) is 10.4 Å². The van der Waals surface area contributed by atoms with E-state index >= 15 is 0 Å². The van der Waals surface area contributed by atoms with Gasteiger partial charge in [0.2, 0.25) is 0 Å². The molecule has 0 N–H and O–H groups in total. The Morgan fingerprint density at radius 3 is 2.43 bits per heavy atom. The molecule has 2 aromatic rings. The fourth-order valence-electron chi connectivity index (χ4n) is 1.86. The van der Waals surface area contributed by atoms with E-state index in [4.69, 9.17) is 4.74 Å². The lowest BCUT2D eigenvalue weighted by Crippen LogP contribution is -2.26. The fourth-order valence-corrected chi connectivity index (χ4v) is 1.86. The predicted octanol–water partition coefficient (Wildman–Crippen LogP) is 2.88. The molecule has 0 spiro atoms. The van der Waals surface area contributed by atoms with E-state index in [9.17, 15) is 14.9 Å². The number of nitrogens with zero attached hydrogens (tertiary/aromatic N) is 2. The third-order valence-corrected chi connectivity index (χ3v) is 3.07. The van der Waals surface area contributed by atoms with Crippen LogP contribution in [-0.4, -0.2) is 25.0 Å². The van der Waals surface area contributed by atoms with Crippen LogP contribution in [0.15, 0.2) is 48.5 Å². The Morgan fingerprint density at radius 1 is 1.19 bits per heavy atom. The molecule has 2 aromatic carbocycles. The van der Waals surface area contributed by atoms with E-state index in [1.54, 1.807) is 38.4 Å². The fraction of sp³-hybridized carbons (Fsp3) is 0.133. The summed E-state index contributed by atoms with van der Waals surface area (Å²) in [7, 11) is 3.19. The maximum absolute atomic E-state index is 12.3. The van der Waals surface area contributed by atoms with Crippen LogP contribution in [0.2, 0.25) is 0 Å². The van der Waals surface area contributed by atoms with Gasteiger partial charge in [0.15, 0.2) is 0 Å². The van der Waals surface area contributed by atoms with Crippen LogP contribution in [-0.2, 0) is 0 Å². The molecule has 0 saturated heterocycles. The zero-order valence-electron chi connectivity index (χ0n) is 11.6. The minimum Gasteiger partial charge on any atom is -0.497 e. The maximum atomic E-state index is 12.3. The van der Waals surface area contributed by atoms with Gasteiger partial charge in [0.25, 0.3) is 11.6 Å². The highest BCUT2D eigenvalue weighted by molar-refractivity contribution is 6.05. The molecule has 0 atom stereocenters. The van der Waals surface area contributed by atoms with Crippen LogP contribution >= 0.6 is 0 Å². The first kappa shape index (κ1) is 14.5. The van der Waals surface area contributed by atoms with Gasteiger partial charge in [-0.05, 0) is 24.3 Å². The molecule has 0 aliphatic heterocycles. The largest absolute Gasteiger partial charge is 0.497 e. The summed E-state index contributed by atoms with van der Waals surface area (Å²) < 4.78 is 5.12. The molecular formula is C15H14N2O4. The lowest BCUT2D eigenvalue weighted by atomic mass is 10.1. The number of carbonyl (C=O) groups is 1. The first-order chi connectivity index (χ1) is 10.0.